The van der Waals surface area contributed by atoms with Crippen LogP contribution in [0.2, 0.25) is 0 Å². The second-order valence-electron chi connectivity index (χ2n) is 2.87. The molecule has 0 bridgehead atoms. The van der Waals surface area contributed by atoms with Crippen LogP contribution in [0.1, 0.15) is 18.6 Å². The molecule has 0 aliphatic heterocycles. The number of benzene rings is 1. The molecule has 0 aliphatic carbocycles. The van der Waals surface area contributed by atoms with Crippen molar-refractivity contribution in [3.63, 3.8) is 0 Å². The highest BCUT2D eigenvalue weighted by Gasteiger charge is 2.15. The van der Waals surface area contributed by atoms with Gasteiger partial charge in [0.05, 0.1) is 4.92 Å². The molecule has 74 valence electrons. The van der Waals surface area contributed by atoms with Gasteiger partial charge in [-0.1, -0.05) is 12.1 Å². The number of nitrogens with zero attached hydrogens (tertiary/aromatic N) is 1. The Morgan fingerprint density at radius 3 is 2.71 bits per heavy atom. The van der Waals surface area contributed by atoms with E-state index >= 15 is 0 Å². The van der Waals surface area contributed by atoms with Gasteiger partial charge in [-0.3, -0.25) is 14.9 Å². The van der Waals surface area contributed by atoms with Crippen molar-refractivity contribution < 1.29 is 14.8 Å². The van der Waals surface area contributed by atoms with E-state index in [1.54, 1.807) is 0 Å². The van der Waals surface area contributed by atoms with Crippen LogP contribution in [-0.4, -0.2) is 15.8 Å². The van der Waals surface area contributed by atoms with Crippen LogP contribution in [0, 0.1) is 10.1 Å². The van der Waals surface area contributed by atoms with Crippen molar-refractivity contribution >= 4 is 11.5 Å². The van der Waals surface area contributed by atoms with Gasteiger partial charge in [-0.15, -0.1) is 0 Å². The maximum absolute atomic E-state index is 10.8. The summed E-state index contributed by atoms with van der Waals surface area (Å²) in [6.07, 6.45) is -1.28. The monoisotopic (exact) mass is 195 g/mol. The molecular weight excluding hydrogens is 186 g/mol. The molecule has 1 atom stereocenters. The standard InChI is InChI=1S/C9H9NO4/c1-6(11)9(12)7-3-2-4-8(5-7)10(13)14/h2-5,9,12H,1H3. The third-order valence-corrected chi connectivity index (χ3v) is 1.78. The molecule has 0 saturated heterocycles. The molecule has 0 aromatic heterocycles. The molecule has 0 radical (unpaired) electrons. The topological polar surface area (TPSA) is 80.4 Å². The molecule has 0 saturated carbocycles. The van der Waals surface area contributed by atoms with Crippen molar-refractivity contribution in [3.8, 4) is 0 Å². The fraction of sp³-hybridized carbons (Fsp3) is 0.222. The summed E-state index contributed by atoms with van der Waals surface area (Å²) in [7, 11) is 0. The van der Waals surface area contributed by atoms with E-state index in [1.807, 2.05) is 0 Å². The smallest absolute Gasteiger partial charge is 0.269 e. The fourth-order valence-corrected chi connectivity index (χ4v) is 1.04. The van der Waals surface area contributed by atoms with Gasteiger partial charge in [-0.05, 0) is 12.5 Å². The Kier molecular flexibility index (Phi) is 2.93. The second kappa shape index (κ2) is 3.97. The Bertz CT molecular complexity index is 375. The Labute approximate surface area is 80.1 Å². The van der Waals surface area contributed by atoms with E-state index in [2.05, 4.69) is 0 Å². The first kappa shape index (κ1) is 10.3. The third kappa shape index (κ3) is 2.14. The van der Waals surface area contributed by atoms with E-state index in [-0.39, 0.29) is 11.3 Å². The van der Waals surface area contributed by atoms with Crippen LogP contribution in [0.3, 0.4) is 0 Å². The Hall–Kier alpha value is -1.75. The molecule has 1 unspecified atom stereocenters. The van der Waals surface area contributed by atoms with Gasteiger partial charge in [0.2, 0.25) is 0 Å². The number of nitro benzene ring substituents is 1. The van der Waals surface area contributed by atoms with E-state index in [9.17, 15) is 20.0 Å². The Morgan fingerprint density at radius 1 is 1.57 bits per heavy atom. The number of aliphatic hydroxyl groups is 1. The molecule has 0 aliphatic rings. The van der Waals surface area contributed by atoms with E-state index in [4.69, 9.17) is 0 Å². The van der Waals surface area contributed by atoms with E-state index in [1.165, 1.54) is 31.2 Å². The maximum Gasteiger partial charge on any atom is 0.269 e. The number of Topliss-reactive ketones (excluding diaryl/α,β-unsaturated/α-hetero) is 1. The van der Waals surface area contributed by atoms with Gasteiger partial charge in [-0.2, -0.15) is 0 Å². The summed E-state index contributed by atoms with van der Waals surface area (Å²) in [5.41, 5.74) is 0.106. The number of hydrogen-bond donors (Lipinski definition) is 1. The summed E-state index contributed by atoms with van der Waals surface area (Å²) in [4.78, 5) is 20.6. The Morgan fingerprint density at radius 2 is 2.21 bits per heavy atom. The molecular formula is C9H9NO4. The first-order valence-corrected chi connectivity index (χ1v) is 3.95. The van der Waals surface area contributed by atoms with E-state index in [0.717, 1.165) is 0 Å². The molecule has 0 fully saturated rings. The number of carbonyl (C=O) groups is 1. The number of rotatable bonds is 3. The number of nitro groups is 1. The number of carbonyl (C=O) groups excluding carboxylic acids is 1. The minimum absolute atomic E-state index is 0.136. The first-order chi connectivity index (χ1) is 6.52. The minimum Gasteiger partial charge on any atom is -0.381 e. The highest BCUT2D eigenvalue weighted by molar-refractivity contribution is 5.81. The molecule has 1 aromatic carbocycles. The van der Waals surface area contributed by atoms with Crippen LogP contribution in [0.4, 0.5) is 5.69 Å². The predicted octanol–water partition coefficient (Wildman–Crippen LogP) is 1.22. The number of hydrogen-bond acceptors (Lipinski definition) is 4. The van der Waals surface area contributed by atoms with Gasteiger partial charge in [0.1, 0.15) is 6.10 Å². The van der Waals surface area contributed by atoms with Crippen LogP contribution in [0.15, 0.2) is 24.3 Å². The summed E-state index contributed by atoms with van der Waals surface area (Å²) in [5.74, 6) is -0.439. The molecule has 1 N–H and O–H groups in total. The summed E-state index contributed by atoms with van der Waals surface area (Å²) in [5, 5.41) is 19.7. The number of ketones is 1. The predicted molar refractivity (Wildman–Crippen MR) is 48.7 cm³/mol. The summed E-state index contributed by atoms with van der Waals surface area (Å²) >= 11 is 0. The van der Waals surface area contributed by atoms with Crippen LogP contribution in [0.25, 0.3) is 0 Å². The van der Waals surface area contributed by atoms with E-state index in [0.29, 0.717) is 0 Å². The molecule has 5 heteroatoms. The lowest BCUT2D eigenvalue weighted by Crippen LogP contribution is -2.07. The van der Waals surface area contributed by atoms with Crippen molar-refractivity contribution in [2.24, 2.45) is 0 Å². The highest BCUT2D eigenvalue weighted by atomic mass is 16.6. The lowest BCUT2D eigenvalue weighted by atomic mass is 10.1. The molecule has 1 aromatic rings. The van der Waals surface area contributed by atoms with Gasteiger partial charge in [0.15, 0.2) is 5.78 Å². The zero-order chi connectivity index (χ0) is 10.7. The molecule has 5 nitrogen and oxygen atoms in total. The van der Waals surface area contributed by atoms with Crippen molar-refractivity contribution in [2.75, 3.05) is 0 Å². The van der Waals surface area contributed by atoms with Crippen molar-refractivity contribution in [1.29, 1.82) is 0 Å². The normalized spacial score (nSPS) is 12.1. The molecule has 0 heterocycles. The van der Waals surface area contributed by atoms with Crippen molar-refractivity contribution in [2.45, 2.75) is 13.0 Å². The van der Waals surface area contributed by atoms with Crippen molar-refractivity contribution in [3.05, 3.63) is 39.9 Å². The molecule has 1 rings (SSSR count). The van der Waals surface area contributed by atoms with Gasteiger partial charge >= 0.3 is 0 Å². The number of aliphatic hydroxyl groups excluding tert-OH is 1. The highest BCUT2D eigenvalue weighted by Crippen LogP contribution is 2.19. The minimum atomic E-state index is -1.28. The lowest BCUT2D eigenvalue weighted by Gasteiger charge is -2.05. The van der Waals surface area contributed by atoms with Crippen molar-refractivity contribution in [1.82, 2.24) is 0 Å². The maximum atomic E-state index is 10.8. The van der Waals surface area contributed by atoms with Gasteiger partial charge in [0, 0.05) is 12.1 Å². The van der Waals surface area contributed by atoms with Gasteiger partial charge in [0.25, 0.3) is 5.69 Å². The fourth-order valence-electron chi connectivity index (χ4n) is 1.04. The summed E-state index contributed by atoms with van der Waals surface area (Å²) in [6, 6.07) is 5.39. The molecule has 0 spiro atoms. The third-order valence-electron chi connectivity index (χ3n) is 1.78. The van der Waals surface area contributed by atoms with Crippen LogP contribution >= 0.6 is 0 Å². The van der Waals surface area contributed by atoms with Gasteiger partial charge < -0.3 is 5.11 Å². The molecule has 0 amide bonds. The summed E-state index contributed by atoms with van der Waals surface area (Å²) < 4.78 is 0. The van der Waals surface area contributed by atoms with Gasteiger partial charge in [-0.25, -0.2) is 0 Å². The second-order valence-corrected chi connectivity index (χ2v) is 2.87. The van der Waals surface area contributed by atoms with Crippen LogP contribution < -0.4 is 0 Å². The quantitative estimate of drug-likeness (QED) is 0.580. The first-order valence-electron chi connectivity index (χ1n) is 3.95. The SMILES string of the molecule is CC(=O)C(O)c1cccc([N+](=O)[O-])c1. The largest absolute Gasteiger partial charge is 0.381 e. The molecule has 14 heavy (non-hydrogen) atoms. The Balaban J connectivity index is 3.05. The lowest BCUT2D eigenvalue weighted by molar-refractivity contribution is -0.385. The average molecular weight is 195 g/mol. The summed E-state index contributed by atoms with van der Waals surface area (Å²) in [6.45, 7) is 1.23. The number of non-ortho nitro benzene ring substituents is 1. The zero-order valence-electron chi connectivity index (χ0n) is 7.51. The van der Waals surface area contributed by atoms with E-state index < -0.39 is 16.8 Å². The average Bonchev–Trinajstić information content (AvgIpc) is 2.16. The zero-order valence-corrected chi connectivity index (χ0v) is 7.51. The van der Waals surface area contributed by atoms with Crippen LogP contribution in [0.5, 0.6) is 0 Å². The van der Waals surface area contributed by atoms with Crippen LogP contribution in [-0.2, 0) is 4.79 Å².